The lowest BCUT2D eigenvalue weighted by molar-refractivity contribution is 0.603. The fraction of sp³-hybridized carbons (Fsp3) is 0.357. The number of pyridine rings is 1. The van der Waals surface area contributed by atoms with Crippen LogP contribution in [0.25, 0.3) is 0 Å². The van der Waals surface area contributed by atoms with Crippen LogP contribution in [0.2, 0.25) is 0 Å². The van der Waals surface area contributed by atoms with Crippen LogP contribution in [0.15, 0.2) is 23.7 Å². The summed E-state index contributed by atoms with van der Waals surface area (Å²) in [6.45, 7) is 3.06. The molecule has 0 N–H and O–H groups in total. The molecular weight excluding hydrogens is 283 g/mol. The van der Waals surface area contributed by atoms with Crippen molar-refractivity contribution in [1.29, 1.82) is 0 Å². The molecule has 2 nitrogen and oxygen atoms in total. The molecule has 0 aromatic carbocycles. The second kappa shape index (κ2) is 5.10. The molecule has 0 amide bonds. The Labute approximate surface area is 120 Å². The van der Waals surface area contributed by atoms with Gasteiger partial charge in [0.2, 0.25) is 0 Å². The second-order valence-electron chi connectivity index (χ2n) is 4.69. The number of hydrogen-bond donors (Lipinski definition) is 0. The number of aromatic nitrogens is 1. The zero-order valence-electron chi connectivity index (χ0n) is 10.6. The number of hydrogen-bond acceptors (Lipinski definition) is 3. The number of nitrogens with zero attached hydrogens (tertiary/aromatic N) is 2. The molecule has 3 heterocycles. The van der Waals surface area contributed by atoms with Crippen LogP contribution >= 0.6 is 22.9 Å². The molecule has 100 valence electrons. The summed E-state index contributed by atoms with van der Waals surface area (Å²) in [6.07, 6.45) is 2.28. The second-order valence-corrected chi connectivity index (χ2v) is 5.96. The quantitative estimate of drug-likeness (QED) is 0.774. The Kier molecular flexibility index (Phi) is 3.46. The Morgan fingerprint density at radius 2 is 2.42 bits per heavy atom. The van der Waals surface area contributed by atoms with Crippen molar-refractivity contribution < 1.29 is 4.39 Å². The molecule has 2 aromatic rings. The number of thiophene rings is 1. The van der Waals surface area contributed by atoms with Gasteiger partial charge >= 0.3 is 0 Å². The average molecular weight is 297 g/mol. The van der Waals surface area contributed by atoms with Gasteiger partial charge in [-0.3, -0.25) is 0 Å². The minimum atomic E-state index is -0.333. The SMILES string of the molecule is CC1c2ccsc2CCN1c1ncc(F)cc1CCl. The van der Waals surface area contributed by atoms with E-state index < -0.39 is 0 Å². The molecule has 0 saturated heterocycles. The van der Waals surface area contributed by atoms with Crippen molar-refractivity contribution in [1.82, 2.24) is 4.98 Å². The van der Waals surface area contributed by atoms with E-state index in [-0.39, 0.29) is 17.7 Å². The molecule has 1 aliphatic heterocycles. The molecule has 19 heavy (non-hydrogen) atoms. The fourth-order valence-electron chi connectivity index (χ4n) is 2.63. The molecule has 5 heteroatoms. The van der Waals surface area contributed by atoms with E-state index in [0.717, 1.165) is 24.3 Å². The van der Waals surface area contributed by atoms with Crippen LogP contribution in [0.1, 0.15) is 29.0 Å². The standard InChI is InChI=1S/C14H14ClFN2S/c1-9-12-3-5-19-13(12)2-4-18(9)14-10(7-15)6-11(16)8-17-14/h3,5-6,8-9H,2,4,7H2,1H3. The Hall–Kier alpha value is -1.13. The van der Waals surface area contributed by atoms with Crippen LogP contribution < -0.4 is 4.90 Å². The Morgan fingerprint density at radius 1 is 1.58 bits per heavy atom. The smallest absolute Gasteiger partial charge is 0.141 e. The van der Waals surface area contributed by atoms with Crippen molar-refractivity contribution in [2.24, 2.45) is 0 Å². The number of rotatable bonds is 2. The molecule has 0 aliphatic carbocycles. The number of halogens is 2. The van der Waals surface area contributed by atoms with Gasteiger partial charge in [0.25, 0.3) is 0 Å². The highest BCUT2D eigenvalue weighted by molar-refractivity contribution is 7.10. The van der Waals surface area contributed by atoms with Gasteiger partial charge in [0.05, 0.1) is 18.1 Å². The van der Waals surface area contributed by atoms with Gasteiger partial charge in [0.15, 0.2) is 0 Å². The lowest BCUT2D eigenvalue weighted by Crippen LogP contribution is -2.34. The van der Waals surface area contributed by atoms with Crippen LogP contribution in [-0.4, -0.2) is 11.5 Å². The first-order valence-electron chi connectivity index (χ1n) is 6.24. The number of alkyl halides is 1. The normalized spacial score (nSPS) is 18.5. The van der Waals surface area contributed by atoms with E-state index in [0.29, 0.717) is 0 Å². The molecule has 0 bridgehead atoms. The van der Waals surface area contributed by atoms with Gasteiger partial charge in [0, 0.05) is 17.0 Å². The van der Waals surface area contributed by atoms with Crippen molar-refractivity contribution in [3.63, 3.8) is 0 Å². The van der Waals surface area contributed by atoms with Crippen LogP contribution in [-0.2, 0) is 12.3 Å². The van der Waals surface area contributed by atoms with Gasteiger partial charge in [-0.05, 0) is 36.4 Å². The minimum absolute atomic E-state index is 0.259. The van der Waals surface area contributed by atoms with Gasteiger partial charge in [-0.25, -0.2) is 9.37 Å². The van der Waals surface area contributed by atoms with Gasteiger partial charge in [-0.15, -0.1) is 22.9 Å². The van der Waals surface area contributed by atoms with Crippen LogP contribution in [0.5, 0.6) is 0 Å². The Balaban J connectivity index is 2.00. The molecule has 1 atom stereocenters. The first-order chi connectivity index (χ1) is 9.20. The molecule has 0 spiro atoms. The predicted molar refractivity (Wildman–Crippen MR) is 77.5 cm³/mol. The molecule has 3 rings (SSSR count). The van der Waals surface area contributed by atoms with E-state index >= 15 is 0 Å². The fourth-order valence-corrected chi connectivity index (χ4v) is 3.79. The Morgan fingerprint density at radius 3 is 3.21 bits per heavy atom. The molecular formula is C14H14ClFN2S. The summed E-state index contributed by atoms with van der Waals surface area (Å²) >= 11 is 7.72. The van der Waals surface area contributed by atoms with Crippen molar-refractivity contribution in [2.45, 2.75) is 25.3 Å². The molecule has 0 fully saturated rings. The van der Waals surface area contributed by atoms with Gasteiger partial charge in [-0.2, -0.15) is 0 Å². The summed E-state index contributed by atoms with van der Waals surface area (Å²) in [4.78, 5) is 7.91. The monoisotopic (exact) mass is 296 g/mol. The van der Waals surface area contributed by atoms with Gasteiger partial charge in [0.1, 0.15) is 11.6 Å². The summed E-state index contributed by atoms with van der Waals surface area (Å²) in [5.74, 6) is 0.751. The number of fused-ring (bicyclic) bond motifs is 1. The first-order valence-corrected chi connectivity index (χ1v) is 7.65. The molecule has 2 aromatic heterocycles. The summed E-state index contributed by atoms with van der Waals surface area (Å²) in [6, 6.07) is 3.90. The Bertz CT molecular complexity index is 599. The van der Waals surface area contributed by atoms with Crippen molar-refractivity contribution in [2.75, 3.05) is 11.4 Å². The van der Waals surface area contributed by atoms with E-state index in [9.17, 15) is 4.39 Å². The highest BCUT2D eigenvalue weighted by atomic mass is 35.5. The van der Waals surface area contributed by atoms with Crippen molar-refractivity contribution in [3.8, 4) is 0 Å². The van der Waals surface area contributed by atoms with Gasteiger partial charge in [-0.1, -0.05) is 0 Å². The zero-order chi connectivity index (χ0) is 13.4. The van der Waals surface area contributed by atoms with Crippen LogP contribution in [0, 0.1) is 5.82 Å². The van der Waals surface area contributed by atoms with E-state index in [4.69, 9.17) is 11.6 Å². The average Bonchev–Trinajstić information content (AvgIpc) is 2.89. The van der Waals surface area contributed by atoms with E-state index in [2.05, 4.69) is 28.3 Å². The van der Waals surface area contributed by atoms with E-state index in [1.807, 2.05) is 0 Å². The highest BCUT2D eigenvalue weighted by Crippen LogP contribution is 2.36. The van der Waals surface area contributed by atoms with E-state index in [1.54, 1.807) is 11.3 Å². The maximum Gasteiger partial charge on any atom is 0.141 e. The predicted octanol–water partition coefficient (Wildman–Crippen LogP) is 4.14. The van der Waals surface area contributed by atoms with Crippen LogP contribution in [0.4, 0.5) is 10.2 Å². The molecule has 0 saturated carbocycles. The van der Waals surface area contributed by atoms with Crippen molar-refractivity contribution >= 4 is 28.8 Å². The third-order valence-corrected chi connectivity index (χ3v) is 4.89. The molecule has 1 unspecified atom stereocenters. The van der Waals surface area contributed by atoms with E-state index in [1.165, 1.54) is 22.7 Å². The van der Waals surface area contributed by atoms with Crippen LogP contribution in [0.3, 0.4) is 0 Å². The largest absolute Gasteiger partial charge is 0.349 e. The van der Waals surface area contributed by atoms with Gasteiger partial charge < -0.3 is 4.90 Å². The molecule has 0 radical (unpaired) electrons. The summed E-state index contributed by atoms with van der Waals surface area (Å²) in [7, 11) is 0. The molecule has 1 aliphatic rings. The zero-order valence-corrected chi connectivity index (χ0v) is 12.1. The lowest BCUT2D eigenvalue weighted by Gasteiger charge is -2.35. The summed E-state index contributed by atoms with van der Waals surface area (Å²) < 4.78 is 13.2. The highest BCUT2D eigenvalue weighted by Gasteiger charge is 2.27. The third kappa shape index (κ3) is 2.23. The maximum absolute atomic E-state index is 13.2. The third-order valence-electron chi connectivity index (χ3n) is 3.60. The minimum Gasteiger partial charge on any atom is -0.349 e. The number of anilines is 1. The summed E-state index contributed by atoms with van der Waals surface area (Å²) in [5, 5.41) is 2.13. The first kappa shape index (κ1) is 12.9. The lowest BCUT2D eigenvalue weighted by atomic mass is 10.0. The summed E-state index contributed by atoms with van der Waals surface area (Å²) in [5.41, 5.74) is 2.11. The van der Waals surface area contributed by atoms with Crippen molar-refractivity contribution in [3.05, 3.63) is 45.5 Å². The topological polar surface area (TPSA) is 16.1 Å². The maximum atomic E-state index is 13.2.